The first-order valence-corrected chi connectivity index (χ1v) is 10.6. The molecule has 1 amide bonds. The van der Waals surface area contributed by atoms with Crippen LogP contribution in [0.1, 0.15) is 5.56 Å². The summed E-state index contributed by atoms with van der Waals surface area (Å²) in [5.41, 5.74) is 0.932. The van der Waals surface area contributed by atoms with Gasteiger partial charge in [-0.25, -0.2) is 13.4 Å². The van der Waals surface area contributed by atoms with Crippen LogP contribution in [0.5, 0.6) is 5.75 Å². The number of thiazole rings is 1. The molecule has 0 bridgehead atoms. The molecular weight excluding hydrogens is 406 g/mol. The average Bonchev–Trinajstić information content (AvgIpc) is 3.02. The molecule has 0 unspecified atom stereocenters. The van der Waals surface area contributed by atoms with Crippen molar-refractivity contribution in [2.45, 2.75) is 11.3 Å². The number of nitrogens with one attached hydrogen (secondary N) is 1. The lowest BCUT2D eigenvalue weighted by Crippen LogP contribution is -2.14. The molecule has 0 fully saturated rings. The second-order valence-electron chi connectivity index (χ2n) is 5.91. The molecule has 146 valence electrons. The van der Waals surface area contributed by atoms with Gasteiger partial charge in [0, 0.05) is 12.3 Å². The standard InChI is InChI=1S/C17H15N3O6S2/c1-26-13-8-11(20(22)23)9-14-16(13)19-17(27-14)18-15(21)7-10-3-5-12(6-4-10)28(2,24)25/h3-6,8-9H,7H2,1-2H3,(H,18,19,21). The summed E-state index contributed by atoms with van der Waals surface area (Å²) in [5, 5.41) is 13.9. The fourth-order valence-corrected chi connectivity index (χ4v) is 4.07. The largest absolute Gasteiger partial charge is 0.494 e. The molecule has 1 heterocycles. The number of amides is 1. The van der Waals surface area contributed by atoms with Crippen molar-refractivity contribution in [3.8, 4) is 5.75 Å². The van der Waals surface area contributed by atoms with Crippen LogP contribution in [-0.2, 0) is 21.1 Å². The SMILES string of the molecule is COc1cc([N+](=O)[O-])cc2sc(NC(=O)Cc3ccc(S(C)(=O)=O)cc3)nc12. The van der Waals surface area contributed by atoms with Crippen LogP contribution in [-0.4, -0.2) is 37.6 Å². The Balaban J connectivity index is 1.78. The molecule has 0 radical (unpaired) electrons. The van der Waals surface area contributed by atoms with E-state index in [1.165, 1.54) is 31.4 Å². The maximum atomic E-state index is 12.3. The fourth-order valence-electron chi connectivity index (χ4n) is 2.50. The van der Waals surface area contributed by atoms with E-state index < -0.39 is 14.8 Å². The van der Waals surface area contributed by atoms with E-state index in [2.05, 4.69) is 10.3 Å². The molecule has 0 saturated carbocycles. The zero-order valence-corrected chi connectivity index (χ0v) is 16.5. The highest BCUT2D eigenvalue weighted by atomic mass is 32.2. The predicted octanol–water partition coefficient (Wildman–Crippen LogP) is 2.80. The summed E-state index contributed by atoms with van der Waals surface area (Å²) >= 11 is 1.10. The molecular formula is C17H15N3O6S2. The number of ether oxygens (including phenoxy) is 1. The van der Waals surface area contributed by atoms with Crippen LogP contribution in [0.15, 0.2) is 41.3 Å². The first-order chi connectivity index (χ1) is 13.2. The Kier molecular flexibility index (Phi) is 5.29. The maximum absolute atomic E-state index is 12.3. The van der Waals surface area contributed by atoms with E-state index in [4.69, 9.17) is 4.74 Å². The molecule has 0 aliphatic carbocycles. The lowest BCUT2D eigenvalue weighted by molar-refractivity contribution is -0.384. The van der Waals surface area contributed by atoms with Gasteiger partial charge in [0.2, 0.25) is 5.91 Å². The van der Waals surface area contributed by atoms with Gasteiger partial charge in [0.15, 0.2) is 20.7 Å². The van der Waals surface area contributed by atoms with Crippen LogP contribution < -0.4 is 10.1 Å². The summed E-state index contributed by atoms with van der Waals surface area (Å²) in [6.45, 7) is 0. The summed E-state index contributed by atoms with van der Waals surface area (Å²) < 4.78 is 28.6. The highest BCUT2D eigenvalue weighted by Gasteiger charge is 2.17. The number of nitrogens with zero attached hydrogens (tertiary/aromatic N) is 2. The van der Waals surface area contributed by atoms with Crippen LogP contribution in [0.2, 0.25) is 0 Å². The molecule has 0 aliphatic rings. The monoisotopic (exact) mass is 421 g/mol. The number of hydrogen-bond acceptors (Lipinski definition) is 8. The van der Waals surface area contributed by atoms with E-state index in [0.717, 1.165) is 17.6 Å². The molecule has 28 heavy (non-hydrogen) atoms. The quantitative estimate of drug-likeness (QED) is 0.478. The van der Waals surface area contributed by atoms with E-state index in [1.807, 2.05) is 0 Å². The zero-order chi connectivity index (χ0) is 20.5. The van der Waals surface area contributed by atoms with E-state index in [1.54, 1.807) is 12.1 Å². The number of nitro benzene ring substituents is 1. The number of carbonyl (C=O) groups excluding carboxylic acids is 1. The number of non-ortho nitro benzene ring substituents is 1. The molecule has 0 saturated heterocycles. The molecule has 11 heteroatoms. The molecule has 3 rings (SSSR count). The van der Waals surface area contributed by atoms with Crippen molar-refractivity contribution in [2.24, 2.45) is 0 Å². The van der Waals surface area contributed by atoms with Crippen LogP contribution in [0.25, 0.3) is 10.2 Å². The number of methoxy groups -OCH3 is 1. The van der Waals surface area contributed by atoms with Crippen molar-refractivity contribution in [2.75, 3.05) is 18.7 Å². The average molecular weight is 421 g/mol. The second kappa shape index (κ2) is 7.52. The number of hydrogen-bond donors (Lipinski definition) is 1. The van der Waals surface area contributed by atoms with Gasteiger partial charge in [0.1, 0.15) is 5.52 Å². The molecule has 2 aromatic carbocycles. The van der Waals surface area contributed by atoms with Gasteiger partial charge >= 0.3 is 0 Å². The Hall–Kier alpha value is -3.05. The zero-order valence-electron chi connectivity index (χ0n) is 14.8. The highest BCUT2D eigenvalue weighted by molar-refractivity contribution is 7.90. The smallest absolute Gasteiger partial charge is 0.274 e. The number of fused-ring (bicyclic) bond motifs is 1. The third-order valence-electron chi connectivity index (χ3n) is 3.84. The summed E-state index contributed by atoms with van der Waals surface area (Å²) in [4.78, 5) is 27.2. The van der Waals surface area contributed by atoms with Crippen LogP contribution in [0, 0.1) is 10.1 Å². The predicted molar refractivity (Wildman–Crippen MR) is 105 cm³/mol. The normalized spacial score (nSPS) is 11.4. The summed E-state index contributed by atoms with van der Waals surface area (Å²) in [5.74, 6) is -0.100. The highest BCUT2D eigenvalue weighted by Crippen LogP contribution is 2.36. The van der Waals surface area contributed by atoms with Crippen molar-refractivity contribution in [3.05, 3.63) is 52.1 Å². The van der Waals surface area contributed by atoms with E-state index in [9.17, 15) is 23.3 Å². The Bertz CT molecular complexity index is 1170. The minimum absolute atomic E-state index is 0.0250. The first-order valence-electron chi connectivity index (χ1n) is 7.89. The Morgan fingerprint density at radius 1 is 1.29 bits per heavy atom. The third-order valence-corrected chi connectivity index (χ3v) is 5.88. The van der Waals surface area contributed by atoms with Crippen molar-refractivity contribution in [1.29, 1.82) is 0 Å². The van der Waals surface area contributed by atoms with Crippen molar-refractivity contribution in [3.63, 3.8) is 0 Å². The van der Waals surface area contributed by atoms with Gasteiger partial charge in [-0.15, -0.1) is 0 Å². The number of carbonyl (C=O) groups is 1. The van der Waals surface area contributed by atoms with Gasteiger partial charge in [-0.2, -0.15) is 0 Å². The van der Waals surface area contributed by atoms with Crippen molar-refractivity contribution in [1.82, 2.24) is 4.98 Å². The fraction of sp³-hybridized carbons (Fsp3) is 0.176. The van der Waals surface area contributed by atoms with Gasteiger partial charge in [0.25, 0.3) is 5.69 Å². The Morgan fingerprint density at radius 3 is 2.54 bits per heavy atom. The molecule has 1 N–H and O–H groups in total. The number of aromatic nitrogens is 1. The lowest BCUT2D eigenvalue weighted by Gasteiger charge is -2.03. The van der Waals surface area contributed by atoms with Gasteiger partial charge < -0.3 is 10.1 Å². The molecule has 9 nitrogen and oxygen atoms in total. The Morgan fingerprint density at radius 2 is 1.96 bits per heavy atom. The van der Waals surface area contributed by atoms with Crippen LogP contribution in [0.4, 0.5) is 10.8 Å². The molecule has 0 atom stereocenters. The molecule has 3 aromatic rings. The number of anilines is 1. The number of sulfone groups is 1. The Labute approximate surface area is 164 Å². The number of benzene rings is 2. The minimum Gasteiger partial charge on any atom is -0.494 e. The first kappa shape index (κ1) is 19.7. The van der Waals surface area contributed by atoms with Gasteiger partial charge in [-0.3, -0.25) is 14.9 Å². The van der Waals surface area contributed by atoms with E-state index in [-0.39, 0.29) is 33.8 Å². The van der Waals surface area contributed by atoms with Gasteiger partial charge in [-0.1, -0.05) is 23.5 Å². The van der Waals surface area contributed by atoms with Crippen LogP contribution in [0.3, 0.4) is 0 Å². The molecule has 0 spiro atoms. The molecule has 1 aromatic heterocycles. The maximum Gasteiger partial charge on any atom is 0.274 e. The third kappa shape index (κ3) is 4.26. The van der Waals surface area contributed by atoms with Gasteiger partial charge in [0.05, 0.1) is 34.1 Å². The van der Waals surface area contributed by atoms with Crippen molar-refractivity contribution >= 4 is 48.1 Å². The minimum atomic E-state index is -3.30. The van der Waals surface area contributed by atoms with Crippen molar-refractivity contribution < 1.29 is 22.9 Å². The number of rotatable bonds is 6. The summed E-state index contributed by atoms with van der Waals surface area (Å²) in [6.07, 6.45) is 1.14. The summed E-state index contributed by atoms with van der Waals surface area (Å²) in [6, 6.07) is 8.67. The number of nitro groups is 1. The van der Waals surface area contributed by atoms with E-state index >= 15 is 0 Å². The second-order valence-corrected chi connectivity index (χ2v) is 8.96. The topological polar surface area (TPSA) is 128 Å². The van der Waals surface area contributed by atoms with E-state index in [0.29, 0.717) is 15.8 Å². The van der Waals surface area contributed by atoms with Crippen LogP contribution >= 0.6 is 11.3 Å². The van der Waals surface area contributed by atoms with Gasteiger partial charge in [-0.05, 0) is 17.7 Å². The lowest BCUT2D eigenvalue weighted by atomic mass is 10.1. The summed E-state index contributed by atoms with van der Waals surface area (Å²) in [7, 11) is -1.91. The molecule has 0 aliphatic heterocycles.